The summed E-state index contributed by atoms with van der Waals surface area (Å²) in [6.07, 6.45) is -4.67. The molecular weight excluding hydrogens is 313 g/mol. The van der Waals surface area contributed by atoms with Crippen LogP contribution in [-0.2, 0) is 10.9 Å². The highest BCUT2D eigenvalue weighted by Crippen LogP contribution is 2.37. The van der Waals surface area contributed by atoms with E-state index in [9.17, 15) is 18.0 Å². The molecule has 23 heavy (non-hydrogen) atoms. The number of halogens is 3. The fraction of sp³-hybridized carbons (Fsp3) is 0.333. The molecular formula is C15H15F3N2O3. The van der Waals surface area contributed by atoms with Gasteiger partial charge in [0.1, 0.15) is 5.56 Å². The zero-order chi connectivity index (χ0) is 17.4. The van der Waals surface area contributed by atoms with Gasteiger partial charge < -0.3 is 14.0 Å². The minimum atomic E-state index is -4.67. The second kappa shape index (κ2) is 5.94. The third kappa shape index (κ3) is 3.01. The van der Waals surface area contributed by atoms with E-state index in [0.717, 1.165) is 20.3 Å². The number of carbonyl (C=O) groups is 1. The summed E-state index contributed by atoms with van der Waals surface area (Å²) in [6, 6.07) is 4.31. The molecule has 0 saturated carbocycles. The maximum Gasteiger partial charge on any atom is 0.421 e. The molecule has 0 spiro atoms. The van der Waals surface area contributed by atoms with Crippen LogP contribution >= 0.6 is 0 Å². The van der Waals surface area contributed by atoms with E-state index in [-0.39, 0.29) is 11.4 Å². The number of carbonyl (C=O) groups excluding carboxylic acids is 1. The van der Waals surface area contributed by atoms with E-state index in [1.165, 1.54) is 4.57 Å². The second-order valence-corrected chi connectivity index (χ2v) is 4.85. The molecule has 2 aromatic rings. The van der Waals surface area contributed by atoms with Crippen LogP contribution < -0.4 is 4.74 Å². The van der Waals surface area contributed by atoms with Crippen molar-refractivity contribution in [2.24, 2.45) is 0 Å². The normalized spacial score (nSPS) is 11.4. The van der Waals surface area contributed by atoms with Crippen molar-refractivity contribution < 1.29 is 27.4 Å². The number of rotatable bonds is 3. The van der Waals surface area contributed by atoms with Gasteiger partial charge in [0, 0.05) is 11.4 Å². The number of aromatic nitrogens is 2. The van der Waals surface area contributed by atoms with Crippen molar-refractivity contribution in [3.05, 3.63) is 40.8 Å². The maximum atomic E-state index is 13.2. The van der Waals surface area contributed by atoms with Crippen molar-refractivity contribution >= 4 is 5.97 Å². The molecule has 0 aromatic carbocycles. The third-order valence-corrected chi connectivity index (χ3v) is 3.36. The van der Waals surface area contributed by atoms with Gasteiger partial charge in [0.2, 0.25) is 5.88 Å². The van der Waals surface area contributed by atoms with Gasteiger partial charge in [-0.3, -0.25) is 0 Å². The van der Waals surface area contributed by atoms with Gasteiger partial charge in [-0.1, -0.05) is 0 Å². The third-order valence-electron chi connectivity index (χ3n) is 3.36. The molecule has 0 fully saturated rings. The first-order valence-corrected chi connectivity index (χ1v) is 6.60. The van der Waals surface area contributed by atoms with Crippen LogP contribution in [0.5, 0.6) is 5.88 Å². The zero-order valence-electron chi connectivity index (χ0n) is 13.0. The quantitative estimate of drug-likeness (QED) is 0.811. The number of methoxy groups -OCH3 is 2. The van der Waals surface area contributed by atoms with E-state index < -0.39 is 23.6 Å². The van der Waals surface area contributed by atoms with Gasteiger partial charge >= 0.3 is 12.1 Å². The van der Waals surface area contributed by atoms with E-state index in [0.29, 0.717) is 11.4 Å². The fourth-order valence-corrected chi connectivity index (χ4v) is 2.31. The van der Waals surface area contributed by atoms with Crippen molar-refractivity contribution in [3.63, 3.8) is 0 Å². The number of hydrogen-bond acceptors (Lipinski definition) is 4. The molecule has 5 nitrogen and oxygen atoms in total. The van der Waals surface area contributed by atoms with Crippen LogP contribution in [0.4, 0.5) is 13.2 Å². The number of hydrogen-bond donors (Lipinski definition) is 0. The molecule has 0 aliphatic heterocycles. The van der Waals surface area contributed by atoms with Crippen LogP contribution in [0.2, 0.25) is 0 Å². The van der Waals surface area contributed by atoms with Crippen LogP contribution in [0.1, 0.15) is 27.4 Å². The number of nitrogens with zero attached hydrogens (tertiary/aromatic N) is 2. The van der Waals surface area contributed by atoms with Gasteiger partial charge in [-0.2, -0.15) is 13.2 Å². The highest BCUT2D eigenvalue weighted by atomic mass is 19.4. The number of aryl methyl sites for hydroxylation is 2. The second-order valence-electron chi connectivity index (χ2n) is 4.85. The Morgan fingerprint density at radius 1 is 1.17 bits per heavy atom. The lowest BCUT2D eigenvalue weighted by molar-refractivity contribution is -0.139. The summed E-state index contributed by atoms with van der Waals surface area (Å²) in [6.45, 7) is 3.43. The highest BCUT2D eigenvalue weighted by Gasteiger charge is 2.37. The largest absolute Gasteiger partial charge is 0.481 e. The van der Waals surface area contributed by atoms with Crippen molar-refractivity contribution in [2.45, 2.75) is 20.0 Å². The van der Waals surface area contributed by atoms with Gasteiger partial charge in [0.25, 0.3) is 0 Å². The van der Waals surface area contributed by atoms with Gasteiger partial charge in [-0.05, 0) is 32.0 Å². The summed E-state index contributed by atoms with van der Waals surface area (Å²) in [5.74, 6) is -1.52. The zero-order valence-corrected chi connectivity index (χ0v) is 13.0. The Morgan fingerprint density at radius 3 is 2.17 bits per heavy atom. The van der Waals surface area contributed by atoms with E-state index in [4.69, 9.17) is 4.74 Å². The summed E-state index contributed by atoms with van der Waals surface area (Å²) in [5, 5.41) is 0. The molecule has 8 heteroatoms. The first-order chi connectivity index (χ1) is 10.7. The average Bonchev–Trinajstić information content (AvgIpc) is 2.83. The molecule has 0 amide bonds. The molecule has 0 atom stereocenters. The molecule has 124 valence electrons. The summed E-state index contributed by atoms with van der Waals surface area (Å²) in [5.41, 5.74) is 0.000340. The van der Waals surface area contributed by atoms with Crippen LogP contribution in [0.15, 0.2) is 18.2 Å². The maximum absolute atomic E-state index is 13.2. The molecule has 0 N–H and O–H groups in total. The fourth-order valence-electron chi connectivity index (χ4n) is 2.31. The Labute approximate surface area is 130 Å². The van der Waals surface area contributed by atoms with E-state index in [1.54, 1.807) is 26.0 Å². The first-order valence-electron chi connectivity index (χ1n) is 6.60. The summed E-state index contributed by atoms with van der Waals surface area (Å²) < 4.78 is 50.5. The Bertz CT molecular complexity index is 732. The molecule has 0 aliphatic carbocycles. The number of pyridine rings is 1. The first kappa shape index (κ1) is 16.9. The van der Waals surface area contributed by atoms with Crippen LogP contribution in [0, 0.1) is 13.8 Å². The van der Waals surface area contributed by atoms with Gasteiger partial charge in [-0.15, -0.1) is 0 Å². The Balaban J connectivity index is 2.85. The van der Waals surface area contributed by atoms with Crippen molar-refractivity contribution in [3.8, 4) is 11.6 Å². The Kier molecular flexibility index (Phi) is 4.35. The summed E-state index contributed by atoms with van der Waals surface area (Å²) in [4.78, 5) is 15.7. The molecule has 0 aliphatic rings. The minimum Gasteiger partial charge on any atom is -0.481 e. The standard InChI is InChI=1S/C15H15F3N2O3/c1-8-5-6-9(2)20(8)11-7-10(15(16,17)18)13(22-3)19-12(11)14(21)23-4/h5-7H,1-4H3. The topological polar surface area (TPSA) is 53.4 Å². The lowest BCUT2D eigenvalue weighted by atomic mass is 10.2. The highest BCUT2D eigenvalue weighted by molar-refractivity contribution is 5.91. The lowest BCUT2D eigenvalue weighted by Crippen LogP contribution is -2.17. The van der Waals surface area contributed by atoms with Gasteiger partial charge in [0.15, 0.2) is 5.69 Å². The minimum absolute atomic E-state index is 0.00928. The van der Waals surface area contributed by atoms with Crippen LogP contribution in [0.3, 0.4) is 0 Å². The number of alkyl halides is 3. The smallest absolute Gasteiger partial charge is 0.421 e. The van der Waals surface area contributed by atoms with Crippen molar-refractivity contribution in [1.82, 2.24) is 9.55 Å². The average molecular weight is 328 g/mol. The molecule has 2 heterocycles. The van der Waals surface area contributed by atoms with Crippen molar-refractivity contribution in [2.75, 3.05) is 14.2 Å². The molecule has 0 bridgehead atoms. The Hall–Kier alpha value is -2.51. The molecule has 0 saturated heterocycles. The van der Waals surface area contributed by atoms with E-state index >= 15 is 0 Å². The summed E-state index contributed by atoms with van der Waals surface area (Å²) >= 11 is 0. The monoisotopic (exact) mass is 328 g/mol. The van der Waals surface area contributed by atoms with Crippen molar-refractivity contribution in [1.29, 1.82) is 0 Å². The lowest BCUT2D eigenvalue weighted by Gasteiger charge is -2.18. The molecule has 2 aromatic heterocycles. The number of esters is 1. The van der Waals surface area contributed by atoms with Gasteiger partial charge in [0.05, 0.1) is 19.9 Å². The van der Waals surface area contributed by atoms with Crippen LogP contribution in [0.25, 0.3) is 5.69 Å². The SMILES string of the molecule is COC(=O)c1nc(OC)c(C(F)(F)F)cc1-n1c(C)ccc1C. The summed E-state index contributed by atoms with van der Waals surface area (Å²) in [7, 11) is 2.19. The molecule has 0 unspecified atom stereocenters. The van der Waals surface area contributed by atoms with Gasteiger partial charge in [-0.25, -0.2) is 9.78 Å². The predicted molar refractivity (Wildman–Crippen MR) is 75.9 cm³/mol. The van der Waals surface area contributed by atoms with E-state index in [1.807, 2.05) is 0 Å². The number of ether oxygens (including phenoxy) is 2. The Morgan fingerprint density at radius 2 is 1.74 bits per heavy atom. The molecule has 2 rings (SSSR count). The molecule has 0 radical (unpaired) electrons. The predicted octanol–water partition coefficient (Wildman–Crippen LogP) is 3.30. The van der Waals surface area contributed by atoms with Crippen LogP contribution in [-0.4, -0.2) is 29.7 Å². The van der Waals surface area contributed by atoms with E-state index in [2.05, 4.69) is 9.72 Å².